The molecule has 0 amide bonds. The van der Waals surface area contributed by atoms with E-state index in [1.165, 1.54) is 0 Å². The summed E-state index contributed by atoms with van der Waals surface area (Å²) >= 11 is 0. The van der Waals surface area contributed by atoms with E-state index in [1.807, 2.05) is 6.92 Å². The van der Waals surface area contributed by atoms with Gasteiger partial charge in [0.05, 0.1) is 11.6 Å². The maximum Gasteiger partial charge on any atom is 0.0737 e. The van der Waals surface area contributed by atoms with E-state index in [9.17, 15) is 5.11 Å². The van der Waals surface area contributed by atoms with Crippen molar-refractivity contribution in [3.8, 4) is 0 Å². The lowest BCUT2D eigenvalue weighted by Gasteiger charge is -2.64. The van der Waals surface area contributed by atoms with Crippen LogP contribution < -0.4 is 0 Å². The summed E-state index contributed by atoms with van der Waals surface area (Å²) in [6, 6.07) is -0.232. The largest absolute Gasteiger partial charge is 0.389 e. The van der Waals surface area contributed by atoms with Gasteiger partial charge >= 0.3 is 0 Å². The summed E-state index contributed by atoms with van der Waals surface area (Å²) in [6.45, 7) is 6.22. The number of aliphatic hydroxyl groups is 1. The molecule has 0 aliphatic heterocycles. The molecule has 4 heteroatoms. The maximum atomic E-state index is 10.3. The molecule has 78 valence electrons. The molecule has 0 aromatic rings. The van der Waals surface area contributed by atoms with Gasteiger partial charge in [-0.15, -0.1) is 0 Å². The molecule has 0 aromatic heterocycles. The number of hydrogen-bond acceptors (Lipinski definition) is 2. The molecule has 2 bridgehead atoms. The zero-order valence-electron chi connectivity index (χ0n) is 8.94. The number of nitrogens with zero attached hydrogens (tertiary/aromatic N) is 3. The first-order valence-electron chi connectivity index (χ1n) is 5.17. The fraction of sp³-hybridized carbons (Fsp3) is 1.00. The normalized spacial score (nSPS) is 49.0. The highest BCUT2D eigenvalue weighted by atomic mass is 16.3. The Hall–Kier alpha value is -0.730. The minimum Gasteiger partial charge on any atom is -0.389 e. The van der Waals surface area contributed by atoms with E-state index >= 15 is 0 Å². The zero-order chi connectivity index (χ0) is 10.6. The van der Waals surface area contributed by atoms with Crippen molar-refractivity contribution < 1.29 is 5.11 Å². The summed E-state index contributed by atoms with van der Waals surface area (Å²) in [5, 5.41) is 14.1. The lowest BCUT2D eigenvalue weighted by atomic mass is 9.43. The molecule has 0 radical (unpaired) electrons. The molecule has 0 saturated heterocycles. The van der Waals surface area contributed by atoms with Crippen LogP contribution >= 0.6 is 0 Å². The van der Waals surface area contributed by atoms with Crippen molar-refractivity contribution in [1.29, 1.82) is 0 Å². The van der Waals surface area contributed by atoms with Crippen molar-refractivity contribution in [3.05, 3.63) is 10.4 Å². The third-order valence-corrected chi connectivity index (χ3v) is 4.55. The van der Waals surface area contributed by atoms with Crippen LogP contribution in [-0.2, 0) is 0 Å². The molecule has 0 aromatic carbocycles. The summed E-state index contributed by atoms with van der Waals surface area (Å²) in [5.41, 5.74) is 7.83. The summed E-state index contributed by atoms with van der Waals surface area (Å²) in [4.78, 5) is 2.82. The highest BCUT2D eigenvalue weighted by molar-refractivity contribution is 5.14. The van der Waals surface area contributed by atoms with Gasteiger partial charge in [-0.05, 0) is 42.5 Å². The van der Waals surface area contributed by atoms with Crippen LogP contribution in [0.15, 0.2) is 5.11 Å². The van der Waals surface area contributed by atoms with Gasteiger partial charge in [-0.25, -0.2) is 0 Å². The third-order valence-electron chi connectivity index (χ3n) is 4.55. The Morgan fingerprint density at radius 1 is 1.36 bits per heavy atom. The highest BCUT2D eigenvalue weighted by Gasteiger charge is 2.62. The van der Waals surface area contributed by atoms with Gasteiger partial charge in [0.15, 0.2) is 0 Å². The molecule has 3 rings (SSSR count). The average molecular weight is 195 g/mol. The Kier molecular flexibility index (Phi) is 1.85. The highest BCUT2D eigenvalue weighted by Crippen LogP contribution is 2.63. The van der Waals surface area contributed by atoms with Gasteiger partial charge < -0.3 is 5.11 Å². The molecule has 1 N–H and O–H groups in total. The summed E-state index contributed by atoms with van der Waals surface area (Å²) in [7, 11) is 0. The van der Waals surface area contributed by atoms with E-state index in [0.29, 0.717) is 5.92 Å². The second-order valence-corrected chi connectivity index (χ2v) is 5.49. The van der Waals surface area contributed by atoms with Crippen molar-refractivity contribution >= 4 is 0 Å². The molecule has 4 atom stereocenters. The fourth-order valence-electron chi connectivity index (χ4n) is 3.37. The standard InChI is InChI=1S/C10H17N3O/c1-9(2)6-4-7(9)10(3,14)8(5-6)12-13-11/h6-8,14H,4-5H2,1-3H3/t6-,7-,8+,10-/m0/s1. The van der Waals surface area contributed by atoms with E-state index in [-0.39, 0.29) is 17.4 Å². The Labute approximate surface area is 83.9 Å². The van der Waals surface area contributed by atoms with Crippen LogP contribution in [0.3, 0.4) is 0 Å². The Balaban J connectivity index is 2.28. The number of rotatable bonds is 1. The molecular weight excluding hydrogens is 178 g/mol. The van der Waals surface area contributed by atoms with E-state index < -0.39 is 5.60 Å². The summed E-state index contributed by atoms with van der Waals surface area (Å²) in [6.07, 6.45) is 1.91. The van der Waals surface area contributed by atoms with Crippen LogP contribution in [0.4, 0.5) is 0 Å². The SMILES string of the molecule is CC1(C)[C@@H]2C[C@@H](N=[N+]=[N-])[C@@](C)(O)[C@H]1C2. The topological polar surface area (TPSA) is 69.0 Å². The lowest BCUT2D eigenvalue weighted by molar-refractivity contribution is -0.202. The molecule has 3 aliphatic rings. The van der Waals surface area contributed by atoms with Gasteiger partial charge in [0.1, 0.15) is 0 Å². The minimum atomic E-state index is -0.815. The Morgan fingerprint density at radius 3 is 2.43 bits per heavy atom. The Bertz CT molecular complexity index is 304. The van der Waals surface area contributed by atoms with Crippen LogP contribution in [-0.4, -0.2) is 16.7 Å². The summed E-state index contributed by atoms with van der Waals surface area (Å²) in [5.74, 6) is 0.896. The van der Waals surface area contributed by atoms with Crippen LogP contribution in [0.1, 0.15) is 33.6 Å². The van der Waals surface area contributed by atoms with Crippen LogP contribution in [0.2, 0.25) is 0 Å². The molecule has 3 fully saturated rings. The smallest absolute Gasteiger partial charge is 0.0737 e. The average Bonchev–Trinajstić information content (AvgIpc) is 2.07. The van der Waals surface area contributed by atoms with Crippen LogP contribution in [0.5, 0.6) is 0 Å². The second kappa shape index (κ2) is 2.65. The van der Waals surface area contributed by atoms with Crippen LogP contribution in [0, 0.1) is 17.3 Å². The molecule has 14 heavy (non-hydrogen) atoms. The number of fused-ring (bicyclic) bond motifs is 2. The van der Waals surface area contributed by atoms with E-state index in [0.717, 1.165) is 12.8 Å². The van der Waals surface area contributed by atoms with E-state index in [4.69, 9.17) is 5.53 Å². The minimum absolute atomic E-state index is 0.213. The molecule has 3 saturated carbocycles. The molecule has 0 unspecified atom stereocenters. The molecule has 4 nitrogen and oxygen atoms in total. The van der Waals surface area contributed by atoms with Crippen molar-refractivity contribution in [3.63, 3.8) is 0 Å². The monoisotopic (exact) mass is 195 g/mol. The van der Waals surface area contributed by atoms with Crippen molar-refractivity contribution in [2.45, 2.75) is 45.3 Å². The van der Waals surface area contributed by atoms with Gasteiger partial charge in [-0.3, -0.25) is 0 Å². The molecular formula is C10H17N3O. The predicted molar refractivity (Wildman–Crippen MR) is 53.6 cm³/mol. The zero-order valence-corrected chi connectivity index (χ0v) is 8.94. The van der Waals surface area contributed by atoms with Gasteiger partial charge in [0.25, 0.3) is 0 Å². The van der Waals surface area contributed by atoms with E-state index in [2.05, 4.69) is 23.9 Å². The van der Waals surface area contributed by atoms with Crippen LogP contribution in [0.25, 0.3) is 10.4 Å². The first-order chi connectivity index (χ1) is 6.40. The third kappa shape index (κ3) is 1.01. The lowest BCUT2D eigenvalue weighted by Crippen LogP contribution is -2.65. The fourth-order valence-corrected chi connectivity index (χ4v) is 3.37. The van der Waals surface area contributed by atoms with Gasteiger partial charge in [-0.1, -0.05) is 19.0 Å². The van der Waals surface area contributed by atoms with Gasteiger partial charge in [0, 0.05) is 4.91 Å². The Morgan fingerprint density at radius 2 is 2.00 bits per heavy atom. The first kappa shape index (κ1) is 9.81. The molecule has 0 heterocycles. The number of azide groups is 1. The number of hydrogen-bond donors (Lipinski definition) is 1. The quantitative estimate of drug-likeness (QED) is 0.390. The van der Waals surface area contributed by atoms with Gasteiger partial charge in [-0.2, -0.15) is 0 Å². The summed E-state index contributed by atoms with van der Waals surface area (Å²) < 4.78 is 0. The predicted octanol–water partition coefficient (Wildman–Crippen LogP) is 2.48. The first-order valence-corrected chi connectivity index (χ1v) is 5.17. The second-order valence-electron chi connectivity index (χ2n) is 5.49. The maximum absolute atomic E-state index is 10.3. The molecule has 3 aliphatic carbocycles. The van der Waals surface area contributed by atoms with Crippen molar-refractivity contribution in [2.24, 2.45) is 22.4 Å². The molecule has 0 spiro atoms. The van der Waals surface area contributed by atoms with Gasteiger partial charge in [0.2, 0.25) is 0 Å². The van der Waals surface area contributed by atoms with Crippen molar-refractivity contribution in [2.75, 3.05) is 0 Å². The van der Waals surface area contributed by atoms with Crippen molar-refractivity contribution in [1.82, 2.24) is 0 Å². The van der Waals surface area contributed by atoms with E-state index in [1.54, 1.807) is 0 Å².